The number of hydrogen-bond acceptors (Lipinski definition) is 0. The molecule has 0 nitrogen and oxygen atoms in total. The van der Waals surface area contributed by atoms with E-state index in [1.54, 1.807) is 8.87 Å². The van der Waals surface area contributed by atoms with E-state index in [9.17, 15) is 0 Å². The molecular formula is C16H35Sn. The number of hydrogen-bond donors (Lipinski definition) is 0. The molecule has 0 atom stereocenters. The summed E-state index contributed by atoms with van der Waals surface area (Å²) in [4.78, 5) is 0. The number of unbranched alkanes of at least 4 members (excludes halogenated alkanes) is 4. The summed E-state index contributed by atoms with van der Waals surface area (Å²) in [6.07, 6.45) is 11.0. The summed E-state index contributed by atoms with van der Waals surface area (Å²) in [7, 11) is 0. The van der Waals surface area contributed by atoms with Gasteiger partial charge in [-0.05, 0) is 5.92 Å². The van der Waals surface area contributed by atoms with Crippen LogP contribution in [-0.4, -0.2) is 21.1 Å². The minimum Gasteiger partial charge on any atom is -0.0628 e. The van der Waals surface area contributed by atoms with Crippen molar-refractivity contribution in [3.63, 3.8) is 0 Å². The summed E-state index contributed by atoms with van der Waals surface area (Å²) in [6.45, 7) is 12.9. The average Bonchev–Trinajstić information content (AvgIpc) is 2.30. The van der Waals surface area contributed by atoms with Gasteiger partial charge in [-0.25, -0.2) is 0 Å². The zero-order valence-corrected chi connectivity index (χ0v) is 15.7. The second-order valence-electron chi connectivity index (χ2n) is 5.20. The van der Waals surface area contributed by atoms with Gasteiger partial charge in [0.05, 0.1) is 0 Å². The Morgan fingerprint density at radius 3 is 1.76 bits per heavy atom. The number of rotatable bonds is 10. The van der Waals surface area contributed by atoms with Gasteiger partial charge < -0.3 is 0 Å². The van der Waals surface area contributed by atoms with Gasteiger partial charge in [0.15, 0.2) is 0 Å². The van der Waals surface area contributed by atoms with E-state index in [0.717, 1.165) is 12.3 Å². The Morgan fingerprint density at radius 1 is 0.882 bits per heavy atom. The van der Waals surface area contributed by atoms with E-state index in [-0.39, 0.29) is 21.1 Å². The van der Waals surface area contributed by atoms with Crippen molar-refractivity contribution in [1.29, 1.82) is 0 Å². The van der Waals surface area contributed by atoms with Crippen molar-refractivity contribution in [3.05, 3.63) is 6.92 Å². The molecule has 0 aromatic carbocycles. The van der Waals surface area contributed by atoms with E-state index >= 15 is 0 Å². The second-order valence-corrected chi connectivity index (χ2v) is 9.48. The van der Waals surface area contributed by atoms with Gasteiger partial charge in [-0.15, -0.1) is 0 Å². The topological polar surface area (TPSA) is 0 Å². The third-order valence-electron chi connectivity index (χ3n) is 2.70. The van der Waals surface area contributed by atoms with Crippen LogP contribution in [0.5, 0.6) is 0 Å². The van der Waals surface area contributed by atoms with Crippen LogP contribution in [0.4, 0.5) is 0 Å². The zero-order valence-electron chi connectivity index (χ0n) is 12.9. The maximum Gasteiger partial charge on any atom is -0.0471 e. The molecule has 0 aliphatic carbocycles. The van der Waals surface area contributed by atoms with Gasteiger partial charge in [-0.2, -0.15) is 0 Å². The third-order valence-corrected chi connectivity index (χ3v) is 6.73. The minimum atomic E-state index is 0.149. The maximum atomic E-state index is 3.78. The van der Waals surface area contributed by atoms with Crippen LogP contribution in [0, 0.1) is 12.8 Å². The van der Waals surface area contributed by atoms with E-state index in [1.807, 2.05) is 0 Å². The van der Waals surface area contributed by atoms with Crippen molar-refractivity contribution in [2.45, 2.75) is 87.9 Å². The van der Waals surface area contributed by atoms with Gasteiger partial charge in [0, 0.05) is 0 Å². The standard InChI is InChI=1S/C8H17.2C4H9.Sn/c1-4-5-6-7-8(2)3;2*1-3-4-2;/h8H,1,4-7H2,2-3H3;2*1,3-4H2,2H3;. The quantitative estimate of drug-likeness (QED) is 0.328. The van der Waals surface area contributed by atoms with Crippen LogP contribution in [0.2, 0.25) is 8.87 Å². The summed E-state index contributed by atoms with van der Waals surface area (Å²) in [5.74, 6) is 0.876. The summed E-state index contributed by atoms with van der Waals surface area (Å²) < 4.78 is 3.25. The molecule has 0 aromatic rings. The summed E-state index contributed by atoms with van der Waals surface area (Å²) in [6, 6.07) is 0. The van der Waals surface area contributed by atoms with Crippen molar-refractivity contribution in [2.24, 2.45) is 5.92 Å². The minimum absolute atomic E-state index is 0.149. The molecule has 0 heterocycles. The van der Waals surface area contributed by atoms with Crippen molar-refractivity contribution in [1.82, 2.24) is 0 Å². The molecule has 0 fully saturated rings. The molecule has 0 aromatic heterocycles. The SMILES string of the molecule is CCC[CH2][Sn][CH2]CCC.[CH2]CCCCC(C)C. The molecule has 0 bridgehead atoms. The van der Waals surface area contributed by atoms with Crippen molar-refractivity contribution in [2.75, 3.05) is 0 Å². The van der Waals surface area contributed by atoms with E-state index in [2.05, 4.69) is 34.6 Å². The first-order valence-corrected chi connectivity index (χ1v) is 11.7. The van der Waals surface area contributed by atoms with Gasteiger partial charge in [-0.1, -0.05) is 46.5 Å². The predicted molar refractivity (Wildman–Crippen MR) is 83.8 cm³/mol. The largest absolute Gasteiger partial charge is 0.0628 e. The second kappa shape index (κ2) is 19.1. The summed E-state index contributed by atoms with van der Waals surface area (Å²) >= 11 is 0.149. The van der Waals surface area contributed by atoms with Crippen molar-refractivity contribution in [3.8, 4) is 0 Å². The monoisotopic (exact) mass is 347 g/mol. The van der Waals surface area contributed by atoms with Gasteiger partial charge in [-0.3, -0.25) is 0 Å². The van der Waals surface area contributed by atoms with Crippen LogP contribution < -0.4 is 0 Å². The van der Waals surface area contributed by atoms with Crippen molar-refractivity contribution < 1.29 is 0 Å². The van der Waals surface area contributed by atoms with Crippen LogP contribution in [-0.2, 0) is 0 Å². The summed E-state index contributed by atoms with van der Waals surface area (Å²) in [5, 5.41) is 0. The van der Waals surface area contributed by atoms with Crippen LogP contribution in [0.25, 0.3) is 0 Å². The molecule has 1 heteroatoms. The Morgan fingerprint density at radius 2 is 1.41 bits per heavy atom. The molecule has 0 rings (SSSR count). The fourth-order valence-corrected chi connectivity index (χ4v) is 5.62. The third kappa shape index (κ3) is 26.4. The van der Waals surface area contributed by atoms with Crippen LogP contribution >= 0.6 is 0 Å². The van der Waals surface area contributed by atoms with Gasteiger partial charge in [0.1, 0.15) is 0 Å². The average molecular weight is 346 g/mol. The molecule has 0 aliphatic heterocycles. The van der Waals surface area contributed by atoms with Crippen molar-refractivity contribution >= 4 is 21.1 Å². The first-order valence-electron chi connectivity index (χ1n) is 7.68. The molecule has 0 spiro atoms. The van der Waals surface area contributed by atoms with E-state index in [4.69, 9.17) is 0 Å². The smallest absolute Gasteiger partial charge is 0.0471 e. The Bertz CT molecular complexity index is 104. The molecule has 0 saturated carbocycles. The maximum absolute atomic E-state index is 3.78. The molecule has 0 amide bonds. The molecule has 0 N–H and O–H groups in total. The van der Waals surface area contributed by atoms with E-state index in [1.165, 1.54) is 44.9 Å². The van der Waals surface area contributed by atoms with E-state index in [0.29, 0.717) is 0 Å². The fourth-order valence-electron chi connectivity index (χ4n) is 1.46. The molecular weight excluding hydrogens is 311 g/mol. The molecule has 0 unspecified atom stereocenters. The fraction of sp³-hybridized carbons (Fsp3) is 0.938. The first-order chi connectivity index (χ1) is 8.18. The zero-order chi connectivity index (χ0) is 13.4. The molecule has 3 radical (unpaired) electrons. The van der Waals surface area contributed by atoms with E-state index < -0.39 is 0 Å². The van der Waals surface area contributed by atoms with Gasteiger partial charge in [0.2, 0.25) is 0 Å². The molecule has 0 saturated heterocycles. The Kier molecular flexibility index (Phi) is 22.7. The van der Waals surface area contributed by atoms with Gasteiger partial charge >= 0.3 is 69.5 Å². The predicted octanol–water partition coefficient (Wildman–Crippen LogP) is 6.16. The molecule has 0 aliphatic rings. The van der Waals surface area contributed by atoms with Crippen LogP contribution in [0.3, 0.4) is 0 Å². The van der Waals surface area contributed by atoms with Crippen LogP contribution in [0.1, 0.15) is 79.1 Å². The molecule has 103 valence electrons. The Hall–Kier alpha value is 0.799. The Balaban J connectivity index is 0. The first kappa shape index (κ1) is 20.1. The Labute approximate surface area is 122 Å². The molecule has 17 heavy (non-hydrogen) atoms. The summed E-state index contributed by atoms with van der Waals surface area (Å²) in [5.41, 5.74) is 0. The normalized spacial score (nSPS) is 10.2. The van der Waals surface area contributed by atoms with Gasteiger partial charge in [0.25, 0.3) is 0 Å². The van der Waals surface area contributed by atoms with Crippen LogP contribution in [0.15, 0.2) is 0 Å².